The van der Waals surface area contributed by atoms with Crippen LogP contribution in [0.2, 0.25) is 0 Å². The van der Waals surface area contributed by atoms with Crippen LogP contribution in [0.1, 0.15) is 10.4 Å². The van der Waals surface area contributed by atoms with E-state index < -0.39 is 16.5 Å². The molecule has 8 nitrogen and oxygen atoms in total. The van der Waals surface area contributed by atoms with E-state index in [9.17, 15) is 19.7 Å². The van der Waals surface area contributed by atoms with Gasteiger partial charge in [0.05, 0.1) is 17.7 Å². The number of carbonyl (C=O) groups excluding carboxylic acids is 1. The third-order valence-electron chi connectivity index (χ3n) is 2.45. The Morgan fingerprint density at radius 2 is 2.21 bits per heavy atom. The number of carbonyl (C=O) groups is 1. The van der Waals surface area contributed by atoms with E-state index >= 15 is 0 Å². The van der Waals surface area contributed by atoms with E-state index in [1.807, 2.05) is 0 Å². The fraction of sp³-hybridized carbons (Fsp3) is 0.0909. The summed E-state index contributed by atoms with van der Waals surface area (Å²) in [6.07, 6.45) is 1.23. The molecule has 0 bridgehead atoms. The summed E-state index contributed by atoms with van der Waals surface area (Å²) in [4.78, 5) is 32.9. The number of hydrogen-bond acceptors (Lipinski definition) is 5. The second-order valence-corrected chi connectivity index (χ2v) is 3.62. The number of non-ortho nitro benzene ring substituents is 1. The highest BCUT2D eigenvalue weighted by Gasteiger charge is 2.15. The third-order valence-corrected chi connectivity index (χ3v) is 2.45. The number of esters is 1. The zero-order valence-corrected chi connectivity index (χ0v) is 9.82. The van der Waals surface area contributed by atoms with Gasteiger partial charge in [-0.15, -0.1) is 0 Å². The minimum Gasteiger partial charge on any atom is -0.465 e. The molecule has 0 amide bonds. The van der Waals surface area contributed by atoms with Crippen molar-refractivity contribution in [2.24, 2.45) is 0 Å². The highest BCUT2D eigenvalue weighted by molar-refractivity contribution is 5.88. The molecule has 0 aliphatic rings. The third kappa shape index (κ3) is 2.37. The van der Waals surface area contributed by atoms with Gasteiger partial charge in [0.1, 0.15) is 5.56 Å². The minimum atomic E-state index is -0.773. The number of nitrogens with one attached hydrogen (secondary N) is 1. The molecule has 19 heavy (non-hydrogen) atoms. The van der Waals surface area contributed by atoms with Gasteiger partial charge < -0.3 is 4.74 Å². The summed E-state index contributed by atoms with van der Waals surface area (Å²) in [5, 5.41) is 13.0. The number of aromatic nitrogens is 2. The first-order chi connectivity index (χ1) is 9.02. The first kappa shape index (κ1) is 12.6. The fourth-order valence-electron chi connectivity index (χ4n) is 1.54. The summed E-state index contributed by atoms with van der Waals surface area (Å²) >= 11 is 0. The maximum Gasteiger partial charge on any atom is 0.345 e. The van der Waals surface area contributed by atoms with Crippen LogP contribution in [0.15, 0.2) is 35.3 Å². The van der Waals surface area contributed by atoms with Crippen molar-refractivity contribution >= 4 is 11.7 Å². The smallest absolute Gasteiger partial charge is 0.345 e. The molecule has 2 rings (SSSR count). The van der Waals surface area contributed by atoms with Gasteiger partial charge in [0.15, 0.2) is 0 Å². The van der Waals surface area contributed by atoms with E-state index in [0.717, 1.165) is 7.11 Å². The molecule has 1 aromatic carbocycles. The highest BCUT2D eigenvalue weighted by atomic mass is 16.6. The molecule has 0 saturated heterocycles. The molecular formula is C11H9N3O5. The summed E-state index contributed by atoms with van der Waals surface area (Å²) < 4.78 is 5.67. The van der Waals surface area contributed by atoms with Crippen LogP contribution >= 0.6 is 0 Å². The van der Waals surface area contributed by atoms with Gasteiger partial charge in [-0.25, -0.2) is 4.79 Å². The Kier molecular flexibility index (Phi) is 3.15. The number of ether oxygens (including phenoxy) is 1. The van der Waals surface area contributed by atoms with E-state index in [1.165, 1.54) is 29.1 Å². The number of hydrogen-bond donors (Lipinski definition) is 1. The first-order valence-electron chi connectivity index (χ1n) is 5.17. The van der Waals surface area contributed by atoms with E-state index in [-0.39, 0.29) is 11.3 Å². The average molecular weight is 263 g/mol. The van der Waals surface area contributed by atoms with Crippen LogP contribution in [0.4, 0.5) is 5.69 Å². The van der Waals surface area contributed by atoms with E-state index in [0.29, 0.717) is 5.69 Å². The lowest BCUT2D eigenvalue weighted by Gasteiger charge is -2.01. The van der Waals surface area contributed by atoms with Gasteiger partial charge in [-0.05, 0) is 6.07 Å². The molecule has 98 valence electrons. The molecule has 2 aromatic rings. The van der Waals surface area contributed by atoms with Crippen LogP contribution in [0.3, 0.4) is 0 Å². The predicted octanol–water partition coefficient (Wildman–Crippen LogP) is 0.860. The molecule has 0 aliphatic heterocycles. The number of rotatable bonds is 3. The quantitative estimate of drug-likeness (QED) is 0.502. The summed E-state index contributed by atoms with van der Waals surface area (Å²) in [7, 11) is 1.16. The van der Waals surface area contributed by atoms with Crippen molar-refractivity contribution in [1.29, 1.82) is 0 Å². The Labute approximate surface area is 106 Å². The minimum absolute atomic E-state index is 0.119. The van der Waals surface area contributed by atoms with Crippen LogP contribution < -0.4 is 5.56 Å². The largest absolute Gasteiger partial charge is 0.465 e. The molecule has 0 unspecified atom stereocenters. The van der Waals surface area contributed by atoms with E-state index in [1.54, 1.807) is 6.07 Å². The topological polar surface area (TPSA) is 107 Å². The van der Waals surface area contributed by atoms with Crippen molar-refractivity contribution in [1.82, 2.24) is 9.78 Å². The number of H-pyrrole nitrogens is 1. The molecule has 0 atom stereocenters. The average Bonchev–Trinajstić information content (AvgIpc) is 2.80. The summed E-state index contributed by atoms with van der Waals surface area (Å²) in [5.74, 6) is -0.773. The Bertz CT molecular complexity index is 700. The zero-order valence-electron chi connectivity index (χ0n) is 9.82. The van der Waals surface area contributed by atoms with Gasteiger partial charge in [-0.1, -0.05) is 6.07 Å². The Morgan fingerprint density at radius 3 is 2.84 bits per heavy atom. The molecule has 1 N–H and O–H groups in total. The summed E-state index contributed by atoms with van der Waals surface area (Å²) in [6.45, 7) is 0. The van der Waals surface area contributed by atoms with E-state index in [2.05, 4.69) is 9.84 Å². The predicted molar refractivity (Wildman–Crippen MR) is 64.4 cm³/mol. The fourth-order valence-corrected chi connectivity index (χ4v) is 1.54. The van der Waals surface area contributed by atoms with Crippen LogP contribution in [-0.2, 0) is 4.74 Å². The molecule has 0 radical (unpaired) electrons. The van der Waals surface area contributed by atoms with Crippen LogP contribution in [0.25, 0.3) is 5.69 Å². The summed E-state index contributed by atoms with van der Waals surface area (Å²) in [5.41, 5.74) is -0.555. The van der Waals surface area contributed by atoms with Gasteiger partial charge in [0.25, 0.3) is 11.2 Å². The molecule has 8 heteroatoms. The maximum absolute atomic E-state index is 11.5. The second-order valence-electron chi connectivity index (χ2n) is 3.62. The van der Waals surface area contributed by atoms with Crippen LogP contribution in [0, 0.1) is 10.1 Å². The van der Waals surface area contributed by atoms with Crippen molar-refractivity contribution in [2.45, 2.75) is 0 Å². The summed E-state index contributed by atoms with van der Waals surface area (Å²) in [6, 6.07) is 5.64. The van der Waals surface area contributed by atoms with Crippen molar-refractivity contribution in [3.05, 3.63) is 56.5 Å². The number of nitro groups is 1. The van der Waals surface area contributed by atoms with E-state index in [4.69, 9.17) is 0 Å². The molecule has 1 heterocycles. The number of aromatic amines is 1. The van der Waals surface area contributed by atoms with Crippen LogP contribution in [0.5, 0.6) is 0 Å². The standard InChI is InChI=1S/C11H9N3O5/c1-19-11(16)9-6-13(12-10(9)15)7-3-2-4-8(5-7)14(17)18/h2-6H,1H3,(H,12,15). The van der Waals surface area contributed by atoms with Gasteiger partial charge >= 0.3 is 5.97 Å². The zero-order chi connectivity index (χ0) is 14.0. The number of nitro benzene ring substituents is 1. The van der Waals surface area contributed by atoms with Crippen molar-refractivity contribution in [2.75, 3.05) is 7.11 Å². The normalized spacial score (nSPS) is 10.2. The second kappa shape index (κ2) is 4.77. The Balaban J connectivity index is 2.48. The maximum atomic E-state index is 11.5. The van der Waals surface area contributed by atoms with Gasteiger partial charge in [0, 0.05) is 18.3 Å². The number of benzene rings is 1. The lowest BCUT2D eigenvalue weighted by Crippen LogP contribution is -2.13. The van der Waals surface area contributed by atoms with Gasteiger partial charge in [0.2, 0.25) is 0 Å². The molecule has 0 fully saturated rings. The molecule has 1 aromatic heterocycles. The van der Waals surface area contributed by atoms with Crippen molar-refractivity contribution < 1.29 is 14.5 Å². The first-order valence-corrected chi connectivity index (χ1v) is 5.17. The number of nitrogens with zero attached hydrogens (tertiary/aromatic N) is 2. The van der Waals surface area contributed by atoms with Gasteiger partial charge in [-0.3, -0.25) is 24.7 Å². The number of methoxy groups -OCH3 is 1. The van der Waals surface area contributed by atoms with Gasteiger partial charge in [-0.2, -0.15) is 0 Å². The Hall–Kier alpha value is -2.90. The molecular weight excluding hydrogens is 254 g/mol. The van der Waals surface area contributed by atoms with Crippen LogP contribution in [-0.4, -0.2) is 27.8 Å². The van der Waals surface area contributed by atoms with Crippen molar-refractivity contribution in [3.8, 4) is 5.69 Å². The molecule has 0 spiro atoms. The highest BCUT2D eigenvalue weighted by Crippen LogP contribution is 2.15. The monoisotopic (exact) mass is 263 g/mol. The van der Waals surface area contributed by atoms with Crippen molar-refractivity contribution in [3.63, 3.8) is 0 Å². The Morgan fingerprint density at radius 1 is 1.47 bits per heavy atom. The SMILES string of the molecule is COC(=O)c1cn(-c2cccc([N+](=O)[O-])c2)[nH]c1=O. The molecule has 0 aliphatic carbocycles. The lowest BCUT2D eigenvalue weighted by atomic mass is 10.3. The molecule has 0 saturated carbocycles. The lowest BCUT2D eigenvalue weighted by molar-refractivity contribution is -0.384.